The molecule has 0 radical (unpaired) electrons. The summed E-state index contributed by atoms with van der Waals surface area (Å²) >= 11 is 1.87. The fraction of sp³-hybridized carbons (Fsp3) is 0.0588. The quantitative estimate of drug-likeness (QED) is 0.166. The first-order chi connectivity index (χ1) is 26.0. The fourth-order valence-electron chi connectivity index (χ4n) is 9.11. The van der Waals surface area contributed by atoms with Gasteiger partial charge in [-0.2, -0.15) is 0 Å². The summed E-state index contributed by atoms with van der Waals surface area (Å²) in [6.07, 6.45) is 0. The zero-order valence-corrected chi connectivity index (χ0v) is 30.4. The summed E-state index contributed by atoms with van der Waals surface area (Å²) in [7, 11) is 0. The molecule has 1 aliphatic carbocycles. The van der Waals surface area contributed by atoms with Crippen molar-refractivity contribution in [1.29, 1.82) is 0 Å². The molecular formula is C51H35NS. The summed E-state index contributed by atoms with van der Waals surface area (Å²) in [4.78, 5) is 2.48. The molecule has 0 atom stereocenters. The molecule has 53 heavy (non-hydrogen) atoms. The fourth-order valence-corrected chi connectivity index (χ4v) is 10.2. The van der Waals surface area contributed by atoms with Gasteiger partial charge in [0, 0.05) is 42.5 Å². The third kappa shape index (κ3) is 4.49. The lowest BCUT2D eigenvalue weighted by Gasteiger charge is -2.29. The Morgan fingerprint density at radius 3 is 1.96 bits per heavy atom. The first kappa shape index (κ1) is 30.4. The second-order valence-corrected chi connectivity index (χ2v) is 16.0. The lowest BCUT2D eigenvalue weighted by Crippen LogP contribution is -2.16. The number of benzene rings is 9. The summed E-state index contributed by atoms with van der Waals surface area (Å²) in [5, 5.41) is 10.3. The van der Waals surface area contributed by atoms with Crippen molar-refractivity contribution in [3.8, 4) is 22.3 Å². The van der Waals surface area contributed by atoms with Crippen LogP contribution in [0.3, 0.4) is 0 Å². The van der Waals surface area contributed by atoms with Gasteiger partial charge in [-0.1, -0.05) is 141 Å². The molecule has 2 heteroatoms. The van der Waals surface area contributed by atoms with Crippen LogP contribution in [0.15, 0.2) is 176 Å². The highest BCUT2D eigenvalue weighted by Crippen LogP contribution is 2.54. The number of nitrogens with zero attached hydrogens (tertiary/aromatic N) is 1. The van der Waals surface area contributed by atoms with Crippen LogP contribution in [0.25, 0.3) is 74.7 Å². The van der Waals surface area contributed by atoms with Crippen LogP contribution in [0.5, 0.6) is 0 Å². The molecule has 0 unspecified atom stereocenters. The van der Waals surface area contributed by atoms with Crippen LogP contribution in [0.1, 0.15) is 25.0 Å². The SMILES string of the molecule is CC1(C)c2ccccc2-c2c(N(c3ccc(-c4cc5ccc6ccccc6c5c5ccccc45)cc3)c3ccc4sc5ccccc5c4c3)cccc21. The van der Waals surface area contributed by atoms with E-state index in [1.165, 1.54) is 91.6 Å². The van der Waals surface area contributed by atoms with Gasteiger partial charge in [0.15, 0.2) is 0 Å². The van der Waals surface area contributed by atoms with Gasteiger partial charge in [0.25, 0.3) is 0 Å². The Morgan fingerprint density at radius 2 is 1.09 bits per heavy atom. The molecule has 1 aromatic heterocycles. The molecule has 1 aliphatic rings. The minimum atomic E-state index is -0.0898. The van der Waals surface area contributed by atoms with E-state index in [1.807, 2.05) is 11.3 Å². The average molecular weight is 694 g/mol. The maximum atomic E-state index is 2.48. The molecule has 0 aliphatic heterocycles. The molecule has 10 aromatic rings. The van der Waals surface area contributed by atoms with Gasteiger partial charge >= 0.3 is 0 Å². The predicted octanol–water partition coefficient (Wildman–Crippen LogP) is 15.0. The van der Waals surface area contributed by atoms with Crippen LogP contribution in [-0.4, -0.2) is 0 Å². The largest absolute Gasteiger partial charge is 0.310 e. The van der Waals surface area contributed by atoms with Crippen molar-refractivity contribution in [1.82, 2.24) is 0 Å². The first-order valence-corrected chi connectivity index (χ1v) is 19.2. The highest BCUT2D eigenvalue weighted by molar-refractivity contribution is 7.25. The molecule has 250 valence electrons. The molecule has 0 saturated carbocycles. The Hall–Kier alpha value is -6.22. The smallest absolute Gasteiger partial charge is 0.0543 e. The highest BCUT2D eigenvalue weighted by Gasteiger charge is 2.37. The molecule has 0 N–H and O–H groups in total. The van der Waals surface area contributed by atoms with Gasteiger partial charge in [0.05, 0.1) is 5.69 Å². The van der Waals surface area contributed by atoms with Gasteiger partial charge < -0.3 is 4.90 Å². The lowest BCUT2D eigenvalue weighted by atomic mass is 9.82. The second-order valence-electron chi connectivity index (χ2n) is 14.9. The Morgan fingerprint density at radius 1 is 0.434 bits per heavy atom. The summed E-state index contributed by atoms with van der Waals surface area (Å²) < 4.78 is 2.63. The van der Waals surface area contributed by atoms with Crippen molar-refractivity contribution in [3.05, 3.63) is 187 Å². The summed E-state index contributed by atoms with van der Waals surface area (Å²) in [6.45, 7) is 4.72. The van der Waals surface area contributed by atoms with Crippen molar-refractivity contribution < 1.29 is 0 Å². The molecule has 11 rings (SSSR count). The van der Waals surface area contributed by atoms with E-state index in [2.05, 4.69) is 195 Å². The van der Waals surface area contributed by atoms with Crippen LogP contribution in [0, 0.1) is 0 Å². The number of hydrogen-bond acceptors (Lipinski definition) is 2. The standard InChI is InChI=1S/C51H35NS/c1-51(2)44-18-9-7-17-41(44)50-45(51)19-11-20-46(50)52(36-28-29-48-43(31-36)39-15-8-10-21-47(39)53-48)35-26-24-33(25-27-35)42-30-34-23-22-32-12-3-4-13-37(32)49(34)40-16-6-5-14-38(40)42/h3-31H,1-2H3. The minimum Gasteiger partial charge on any atom is -0.310 e. The summed E-state index contributed by atoms with van der Waals surface area (Å²) in [5.41, 5.74) is 11.3. The molecule has 0 saturated heterocycles. The number of hydrogen-bond donors (Lipinski definition) is 0. The van der Waals surface area contributed by atoms with Gasteiger partial charge in [0.2, 0.25) is 0 Å². The van der Waals surface area contributed by atoms with E-state index in [1.54, 1.807) is 0 Å². The molecule has 0 amide bonds. The maximum Gasteiger partial charge on any atom is 0.0543 e. The number of anilines is 3. The first-order valence-electron chi connectivity index (χ1n) is 18.4. The molecule has 0 spiro atoms. The van der Waals surface area contributed by atoms with E-state index in [0.717, 1.165) is 11.4 Å². The van der Waals surface area contributed by atoms with Crippen molar-refractivity contribution in [3.63, 3.8) is 0 Å². The van der Waals surface area contributed by atoms with Gasteiger partial charge in [-0.05, 0) is 109 Å². The lowest BCUT2D eigenvalue weighted by molar-refractivity contribution is 0.660. The van der Waals surface area contributed by atoms with Crippen molar-refractivity contribution in [2.24, 2.45) is 0 Å². The summed E-state index contributed by atoms with van der Waals surface area (Å²) in [5.74, 6) is 0. The zero-order valence-electron chi connectivity index (χ0n) is 29.6. The average Bonchev–Trinajstić information content (AvgIpc) is 3.69. The van der Waals surface area contributed by atoms with E-state index in [-0.39, 0.29) is 5.41 Å². The molecule has 0 fully saturated rings. The second kappa shape index (κ2) is 11.4. The van der Waals surface area contributed by atoms with Crippen LogP contribution in [0.2, 0.25) is 0 Å². The number of rotatable bonds is 4. The number of fused-ring (bicyclic) bond motifs is 11. The Balaban J connectivity index is 1.12. The molecule has 0 bridgehead atoms. The van der Waals surface area contributed by atoms with Gasteiger partial charge in [-0.15, -0.1) is 11.3 Å². The maximum absolute atomic E-state index is 2.48. The summed E-state index contributed by atoms with van der Waals surface area (Å²) in [6, 6.07) is 65.4. The van der Waals surface area contributed by atoms with Crippen LogP contribution >= 0.6 is 11.3 Å². The molecule has 9 aromatic carbocycles. The van der Waals surface area contributed by atoms with Gasteiger partial charge in [0.1, 0.15) is 0 Å². The minimum absolute atomic E-state index is 0.0898. The van der Waals surface area contributed by atoms with Crippen LogP contribution in [-0.2, 0) is 5.41 Å². The van der Waals surface area contributed by atoms with E-state index < -0.39 is 0 Å². The van der Waals surface area contributed by atoms with E-state index in [0.29, 0.717) is 0 Å². The Bertz CT molecular complexity index is 3090. The van der Waals surface area contributed by atoms with E-state index in [9.17, 15) is 0 Å². The topological polar surface area (TPSA) is 3.24 Å². The normalized spacial score (nSPS) is 13.2. The van der Waals surface area contributed by atoms with Gasteiger partial charge in [-0.3, -0.25) is 0 Å². The van der Waals surface area contributed by atoms with Crippen LogP contribution in [0.4, 0.5) is 17.1 Å². The molecule has 1 heterocycles. The van der Waals surface area contributed by atoms with Gasteiger partial charge in [-0.25, -0.2) is 0 Å². The van der Waals surface area contributed by atoms with E-state index in [4.69, 9.17) is 0 Å². The number of thiophene rings is 1. The zero-order chi connectivity index (χ0) is 35.3. The Kier molecular flexibility index (Phi) is 6.53. The van der Waals surface area contributed by atoms with Crippen LogP contribution < -0.4 is 4.90 Å². The molecule has 1 nitrogen and oxygen atoms in total. The monoisotopic (exact) mass is 693 g/mol. The van der Waals surface area contributed by atoms with E-state index >= 15 is 0 Å². The van der Waals surface area contributed by atoms with Crippen molar-refractivity contribution >= 4 is 80.9 Å². The molecular weight excluding hydrogens is 659 g/mol. The Labute approximate surface area is 313 Å². The third-order valence-electron chi connectivity index (χ3n) is 11.6. The third-order valence-corrected chi connectivity index (χ3v) is 12.8. The highest BCUT2D eigenvalue weighted by atomic mass is 32.1. The van der Waals surface area contributed by atoms with Crippen molar-refractivity contribution in [2.75, 3.05) is 4.90 Å². The predicted molar refractivity (Wildman–Crippen MR) is 230 cm³/mol. The van der Waals surface area contributed by atoms with Crippen molar-refractivity contribution in [2.45, 2.75) is 19.3 Å².